The second-order valence-electron chi connectivity index (χ2n) is 6.78. The van der Waals surface area contributed by atoms with E-state index in [2.05, 4.69) is 20.4 Å². The van der Waals surface area contributed by atoms with E-state index in [9.17, 15) is 4.79 Å². The van der Waals surface area contributed by atoms with Crippen LogP contribution in [-0.4, -0.2) is 25.7 Å². The van der Waals surface area contributed by atoms with Crippen molar-refractivity contribution in [3.63, 3.8) is 0 Å². The normalized spacial score (nSPS) is 11.3. The predicted molar refractivity (Wildman–Crippen MR) is 97.1 cm³/mol. The number of aromatic nitrogens is 4. The third-order valence-electron chi connectivity index (χ3n) is 3.63. The van der Waals surface area contributed by atoms with Gasteiger partial charge < -0.3 is 5.32 Å². The van der Waals surface area contributed by atoms with Crippen molar-refractivity contribution in [3.05, 3.63) is 60.3 Å². The fraction of sp³-hybridized carbons (Fsp3) is 0.263. The number of nitrogens with zero attached hydrogens (tertiary/aromatic N) is 4. The molecular formula is C19H21N5O. The first-order valence-corrected chi connectivity index (χ1v) is 8.16. The van der Waals surface area contributed by atoms with E-state index in [0.29, 0.717) is 24.0 Å². The number of carbonyl (C=O) groups is 1. The summed E-state index contributed by atoms with van der Waals surface area (Å²) in [6.07, 6.45) is 1.68. The van der Waals surface area contributed by atoms with Crippen LogP contribution >= 0.6 is 0 Å². The van der Waals surface area contributed by atoms with Crippen LogP contribution in [0.4, 0.5) is 5.95 Å². The van der Waals surface area contributed by atoms with E-state index in [0.717, 1.165) is 5.56 Å². The molecule has 0 unspecified atom stereocenters. The van der Waals surface area contributed by atoms with Crippen molar-refractivity contribution in [1.82, 2.24) is 19.7 Å². The second-order valence-corrected chi connectivity index (χ2v) is 6.78. The zero-order chi connectivity index (χ0) is 17.9. The highest BCUT2D eigenvalue weighted by atomic mass is 16.2. The zero-order valence-electron chi connectivity index (χ0n) is 14.6. The Bertz CT molecular complexity index is 851. The fourth-order valence-corrected chi connectivity index (χ4v) is 2.27. The Labute approximate surface area is 146 Å². The highest BCUT2D eigenvalue weighted by Crippen LogP contribution is 2.22. The number of benzene rings is 1. The highest BCUT2D eigenvalue weighted by molar-refractivity contribution is 5.85. The number of anilines is 1. The molecule has 0 saturated carbocycles. The summed E-state index contributed by atoms with van der Waals surface area (Å²) in [5.41, 5.74) is 1.16. The topological polar surface area (TPSA) is 72.7 Å². The lowest BCUT2D eigenvalue weighted by Gasteiger charge is -2.17. The summed E-state index contributed by atoms with van der Waals surface area (Å²) in [6, 6.07) is 15.5. The maximum atomic E-state index is 12.7. The molecule has 0 fully saturated rings. The van der Waals surface area contributed by atoms with Gasteiger partial charge in [-0.2, -0.15) is 9.67 Å². The van der Waals surface area contributed by atoms with E-state index in [4.69, 9.17) is 0 Å². The first kappa shape index (κ1) is 16.8. The number of carbonyl (C=O) groups excluding carboxylic acids is 1. The van der Waals surface area contributed by atoms with Crippen LogP contribution in [0.2, 0.25) is 0 Å². The number of hydrogen-bond acceptors (Lipinski definition) is 5. The molecule has 25 heavy (non-hydrogen) atoms. The maximum Gasteiger partial charge on any atom is 0.255 e. The van der Waals surface area contributed by atoms with Gasteiger partial charge in [-0.15, -0.1) is 5.10 Å². The average molecular weight is 335 g/mol. The molecule has 128 valence electrons. The molecule has 0 aliphatic carbocycles. The van der Waals surface area contributed by atoms with Crippen LogP contribution in [0.3, 0.4) is 0 Å². The first-order chi connectivity index (χ1) is 11.9. The van der Waals surface area contributed by atoms with Gasteiger partial charge in [0.15, 0.2) is 0 Å². The lowest BCUT2D eigenvalue weighted by Crippen LogP contribution is -2.29. The van der Waals surface area contributed by atoms with Crippen LogP contribution < -0.4 is 5.32 Å². The average Bonchev–Trinajstić information content (AvgIpc) is 3.04. The summed E-state index contributed by atoms with van der Waals surface area (Å²) in [5, 5.41) is 7.60. The van der Waals surface area contributed by atoms with Crippen molar-refractivity contribution >= 4 is 11.9 Å². The van der Waals surface area contributed by atoms with Crippen molar-refractivity contribution in [2.75, 3.05) is 5.32 Å². The summed E-state index contributed by atoms with van der Waals surface area (Å²) in [6.45, 7) is 6.13. The van der Waals surface area contributed by atoms with Crippen LogP contribution in [0.25, 0.3) is 11.5 Å². The van der Waals surface area contributed by atoms with Gasteiger partial charge >= 0.3 is 0 Å². The molecule has 1 aromatic carbocycles. The third-order valence-corrected chi connectivity index (χ3v) is 3.63. The Balaban J connectivity index is 1.94. The van der Waals surface area contributed by atoms with Crippen molar-refractivity contribution in [2.24, 2.45) is 5.41 Å². The molecule has 2 aromatic heterocycles. The van der Waals surface area contributed by atoms with Crippen molar-refractivity contribution in [2.45, 2.75) is 27.3 Å². The molecule has 0 saturated heterocycles. The molecule has 0 aliphatic heterocycles. The molecule has 0 spiro atoms. The van der Waals surface area contributed by atoms with Gasteiger partial charge in [-0.1, -0.05) is 57.2 Å². The summed E-state index contributed by atoms with van der Waals surface area (Å²) in [5.74, 6) is 0.718. The van der Waals surface area contributed by atoms with Gasteiger partial charge in [0, 0.05) is 18.2 Å². The zero-order valence-corrected chi connectivity index (χ0v) is 14.6. The van der Waals surface area contributed by atoms with Gasteiger partial charge in [-0.3, -0.25) is 9.78 Å². The lowest BCUT2D eigenvalue weighted by molar-refractivity contribution is 0.0752. The smallest absolute Gasteiger partial charge is 0.255 e. The number of nitrogens with one attached hydrogen (secondary N) is 1. The summed E-state index contributed by atoms with van der Waals surface area (Å²) >= 11 is 0. The van der Waals surface area contributed by atoms with Crippen LogP contribution in [0.5, 0.6) is 0 Å². The second kappa shape index (κ2) is 6.84. The Kier molecular flexibility index (Phi) is 4.61. The Morgan fingerprint density at radius 3 is 2.44 bits per heavy atom. The number of hydrogen-bond donors (Lipinski definition) is 1. The minimum absolute atomic E-state index is 0.127. The molecule has 0 radical (unpaired) electrons. The van der Waals surface area contributed by atoms with Gasteiger partial charge in [0.05, 0.1) is 0 Å². The molecule has 0 bridgehead atoms. The van der Waals surface area contributed by atoms with Crippen LogP contribution in [0, 0.1) is 5.41 Å². The number of rotatable bonds is 4. The lowest BCUT2D eigenvalue weighted by atomic mass is 9.96. The van der Waals surface area contributed by atoms with E-state index in [-0.39, 0.29) is 5.91 Å². The molecule has 2 heterocycles. The first-order valence-electron chi connectivity index (χ1n) is 8.16. The van der Waals surface area contributed by atoms with Crippen LogP contribution in [0.15, 0.2) is 54.7 Å². The molecule has 1 N–H and O–H groups in total. The van der Waals surface area contributed by atoms with Crippen molar-refractivity contribution < 1.29 is 4.79 Å². The Morgan fingerprint density at radius 1 is 1.08 bits per heavy atom. The molecule has 0 atom stereocenters. The van der Waals surface area contributed by atoms with Gasteiger partial charge in [-0.25, -0.2) is 0 Å². The van der Waals surface area contributed by atoms with E-state index in [1.54, 1.807) is 6.20 Å². The van der Waals surface area contributed by atoms with Crippen molar-refractivity contribution in [1.29, 1.82) is 0 Å². The van der Waals surface area contributed by atoms with Gasteiger partial charge in [0.25, 0.3) is 5.91 Å². The minimum atomic E-state index is -0.571. The van der Waals surface area contributed by atoms with Gasteiger partial charge in [0.2, 0.25) is 11.8 Å². The monoisotopic (exact) mass is 335 g/mol. The summed E-state index contributed by atoms with van der Waals surface area (Å²) in [4.78, 5) is 21.5. The van der Waals surface area contributed by atoms with Crippen LogP contribution in [0.1, 0.15) is 31.1 Å². The summed E-state index contributed by atoms with van der Waals surface area (Å²) in [7, 11) is 0. The van der Waals surface area contributed by atoms with E-state index < -0.39 is 5.41 Å². The maximum absolute atomic E-state index is 12.7. The van der Waals surface area contributed by atoms with Crippen LogP contribution in [-0.2, 0) is 6.54 Å². The Hall–Kier alpha value is -3.02. The molecule has 0 amide bonds. The molecular weight excluding hydrogens is 314 g/mol. The van der Waals surface area contributed by atoms with E-state index in [1.807, 2.05) is 69.3 Å². The molecule has 6 heteroatoms. The Morgan fingerprint density at radius 2 is 1.80 bits per heavy atom. The van der Waals surface area contributed by atoms with Gasteiger partial charge in [-0.05, 0) is 17.7 Å². The summed E-state index contributed by atoms with van der Waals surface area (Å²) < 4.78 is 1.34. The van der Waals surface area contributed by atoms with Gasteiger partial charge in [0.1, 0.15) is 5.69 Å². The molecule has 6 nitrogen and oxygen atoms in total. The highest BCUT2D eigenvalue weighted by Gasteiger charge is 2.28. The standard InChI is InChI=1S/C19H21N5O/c1-19(2,3)17(25)24-18(21-13-14-9-5-4-6-10-14)22-16(23-24)15-11-7-8-12-20-15/h4-12H,13H2,1-3H3,(H,21,22,23). The fourth-order valence-electron chi connectivity index (χ4n) is 2.27. The number of pyridine rings is 1. The third kappa shape index (κ3) is 3.91. The quantitative estimate of drug-likeness (QED) is 0.788. The molecule has 3 rings (SSSR count). The molecule has 3 aromatic rings. The van der Waals surface area contributed by atoms with E-state index >= 15 is 0 Å². The SMILES string of the molecule is CC(C)(C)C(=O)n1nc(-c2ccccn2)nc1NCc1ccccc1. The predicted octanol–water partition coefficient (Wildman–Crippen LogP) is 3.64. The van der Waals surface area contributed by atoms with Crippen molar-refractivity contribution in [3.8, 4) is 11.5 Å². The van der Waals surface area contributed by atoms with E-state index in [1.165, 1.54) is 4.68 Å². The molecule has 0 aliphatic rings. The minimum Gasteiger partial charge on any atom is -0.350 e. The largest absolute Gasteiger partial charge is 0.350 e.